The van der Waals surface area contributed by atoms with Gasteiger partial charge in [0.2, 0.25) is 0 Å². The highest BCUT2D eigenvalue weighted by Crippen LogP contribution is 2.42. The number of anilines is 1. The SMILES string of the molecule is COC(=O)N/N=C(/c1ccc(O)cc1)[C@H](C)[C@@]1(O)C(=O)Nc2ccccc21. The first-order valence-electron chi connectivity index (χ1n) is 8.22. The Hall–Kier alpha value is -3.39. The van der Waals surface area contributed by atoms with Crippen LogP contribution >= 0.6 is 0 Å². The molecular weight excluding hydrogens is 350 g/mol. The van der Waals surface area contributed by atoms with Crippen LogP contribution in [0.25, 0.3) is 0 Å². The summed E-state index contributed by atoms with van der Waals surface area (Å²) in [6.07, 6.45) is -0.790. The largest absolute Gasteiger partial charge is 0.508 e. The Labute approximate surface area is 155 Å². The van der Waals surface area contributed by atoms with E-state index >= 15 is 0 Å². The van der Waals surface area contributed by atoms with Crippen LogP contribution in [0.5, 0.6) is 5.75 Å². The quantitative estimate of drug-likeness (QED) is 0.485. The fraction of sp³-hybridized carbons (Fsp3) is 0.211. The fourth-order valence-electron chi connectivity index (χ4n) is 3.09. The van der Waals surface area contributed by atoms with E-state index in [4.69, 9.17) is 0 Å². The number of phenolic OH excluding ortho intramolecular Hbond substituents is 1. The molecular formula is C19H19N3O5. The van der Waals surface area contributed by atoms with Crippen molar-refractivity contribution in [3.8, 4) is 5.75 Å². The van der Waals surface area contributed by atoms with Gasteiger partial charge in [-0.15, -0.1) is 0 Å². The number of rotatable bonds is 4. The van der Waals surface area contributed by atoms with Gasteiger partial charge in [0.1, 0.15) is 5.75 Å². The Kier molecular flexibility index (Phi) is 4.83. The predicted octanol–water partition coefficient (Wildman–Crippen LogP) is 1.93. The van der Waals surface area contributed by atoms with Crippen LogP contribution in [0.2, 0.25) is 0 Å². The first kappa shape index (κ1) is 18.4. The monoisotopic (exact) mass is 369 g/mol. The maximum Gasteiger partial charge on any atom is 0.427 e. The van der Waals surface area contributed by atoms with E-state index in [9.17, 15) is 19.8 Å². The lowest BCUT2D eigenvalue weighted by Gasteiger charge is -2.29. The molecule has 4 N–H and O–H groups in total. The Morgan fingerprint density at radius 3 is 2.56 bits per heavy atom. The molecule has 0 bridgehead atoms. The highest BCUT2D eigenvalue weighted by atomic mass is 16.5. The van der Waals surface area contributed by atoms with Gasteiger partial charge in [0.25, 0.3) is 5.91 Å². The van der Waals surface area contributed by atoms with Crippen molar-refractivity contribution in [3.63, 3.8) is 0 Å². The molecule has 2 aromatic rings. The van der Waals surface area contributed by atoms with Gasteiger partial charge in [-0.2, -0.15) is 5.10 Å². The summed E-state index contributed by atoms with van der Waals surface area (Å²) in [5.74, 6) is -1.36. The third kappa shape index (κ3) is 3.22. The summed E-state index contributed by atoms with van der Waals surface area (Å²) >= 11 is 0. The summed E-state index contributed by atoms with van der Waals surface area (Å²) in [6, 6.07) is 12.9. The second-order valence-electron chi connectivity index (χ2n) is 6.14. The molecule has 3 rings (SSSR count). The summed E-state index contributed by atoms with van der Waals surface area (Å²) in [4.78, 5) is 24.1. The number of nitrogens with zero attached hydrogens (tertiary/aromatic N) is 1. The predicted molar refractivity (Wildman–Crippen MR) is 98.3 cm³/mol. The number of fused-ring (bicyclic) bond motifs is 1. The van der Waals surface area contributed by atoms with Crippen LogP contribution in [0.3, 0.4) is 0 Å². The minimum Gasteiger partial charge on any atom is -0.508 e. The Morgan fingerprint density at radius 2 is 1.89 bits per heavy atom. The van der Waals surface area contributed by atoms with Gasteiger partial charge in [-0.1, -0.05) is 25.1 Å². The van der Waals surface area contributed by atoms with Crippen LogP contribution in [0.15, 0.2) is 53.6 Å². The van der Waals surface area contributed by atoms with Crippen molar-refractivity contribution in [1.29, 1.82) is 0 Å². The van der Waals surface area contributed by atoms with Crippen molar-refractivity contribution in [1.82, 2.24) is 5.43 Å². The number of amides is 2. The third-order valence-corrected chi connectivity index (χ3v) is 4.58. The van der Waals surface area contributed by atoms with Crippen LogP contribution in [-0.2, 0) is 15.1 Å². The van der Waals surface area contributed by atoms with Gasteiger partial charge in [-0.25, -0.2) is 10.2 Å². The number of carbonyl (C=O) groups excluding carboxylic acids is 2. The van der Waals surface area contributed by atoms with Crippen LogP contribution in [0, 0.1) is 5.92 Å². The van der Waals surface area contributed by atoms with Gasteiger partial charge < -0.3 is 20.3 Å². The molecule has 140 valence electrons. The molecule has 2 amide bonds. The van der Waals surface area contributed by atoms with E-state index in [2.05, 4.69) is 20.6 Å². The van der Waals surface area contributed by atoms with Crippen LogP contribution in [-0.4, -0.2) is 35.0 Å². The second kappa shape index (κ2) is 7.08. The summed E-state index contributed by atoms with van der Waals surface area (Å²) < 4.78 is 4.52. The van der Waals surface area contributed by atoms with Crippen molar-refractivity contribution in [2.45, 2.75) is 12.5 Å². The molecule has 27 heavy (non-hydrogen) atoms. The molecule has 1 aliphatic heterocycles. The molecule has 0 radical (unpaired) electrons. The molecule has 0 aromatic heterocycles. The molecule has 0 saturated carbocycles. The van der Waals surface area contributed by atoms with Gasteiger partial charge in [-0.05, 0) is 35.9 Å². The first-order chi connectivity index (χ1) is 12.9. The summed E-state index contributed by atoms with van der Waals surface area (Å²) in [7, 11) is 1.20. The van der Waals surface area contributed by atoms with Crippen molar-refractivity contribution in [2.75, 3.05) is 12.4 Å². The fourth-order valence-corrected chi connectivity index (χ4v) is 3.09. The van der Waals surface area contributed by atoms with Gasteiger partial charge in [0.05, 0.1) is 12.8 Å². The number of nitrogens with one attached hydrogen (secondary N) is 2. The Balaban J connectivity index is 2.07. The van der Waals surface area contributed by atoms with E-state index < -0.39 is 23.5 Å². The number of aliphatic hydroxyl groups is 1. The molecule has 8 heteroatoms. The standard InChI is InChI=1S/C19H19N3O5/c1-11(19(26)14-5-3-4-6-15(14)20-17(19)24)16(21-22-18(25)27-2)12-7-9-13(23)10-8-12/h3-11,23,26H,1-2H3,(H,20,24)(H,22,25)/b21-16+/t11-,19-/m0/s1. The number of para-hydroxylation sites is 1. The summed E-state index contributed by atoms with van der Waals surface area (Å²) in [6.45, 7) is 1.63. The lowest BCUT2D eigenvalue weighted by molar-refractivity contribution is -0.136. The highest BCUT2D eigenvalue weighted by Gasteiger charge is 2.51. The highest BCUT2D eigenvalue weighted by molar-refractivity contribution is 6.12. The van der Waals surface area contributed by atoms with E-state index in [0.717, 1.165) is 0 Å². The topological polar surface area (TPSA) is 120 Å². The van der Waals surface area contributed by atoms with Gasteiger partial charge >= 0.3 is 6.09 Å². The van der Waals surface area contributed by atoms with Crippen molar-refractivity contribution in [3.05, 3.63) is 59.7 Å². The van der Waals surface area contributed by atoms with Crippen molar-refractivity contribution < 1.29 is 24.5 Å². The average Bonchev–Trinajstić information content (AvgIpc) is 2.94. The molecule has 2 aromatic carbocycles. The smallest absolute Gasteiger partial charge is 0.427 e. The third-order valence-electron chi connectivity index (χ3n) is 4.58. The van der Waals surface area contributed by atoms with E-state index in [1.165, 1.54) is 19.2 Å². The molecule has 8 nitrogen and oxygen atoms in total. The van der Waals surface area contributed by atoms with E-state index in [1.807, 2.05) is 0 Å². The van der Waals surface area contributed by atoms with E-state index in [1.54, 1.807) is 43.3 Å². The molecule has 0 unspecified atom stereocenters. The number of hydrogen-bond acceptors (Lipinski definition) is 6. The normalized spacial score (nSPS) is 19.8. The zero-order valence-electron chi connectivity index (χ0n) is 14.8. The van der Waals surface area contributed by atoms with E-state index in [-0.39, 0.29) is 11.5 Å². The maximum absolute atomic E-state index is 12.6. The summed E-state index contributed by atoms with van der Waals surface area (Å²) in [5, 5.41) is 27.6. The number of benzene rings is 2. The van der Waals surface area contributed by atoms with Crippen LogP contribution < -0.4 is 10.7 Å². The number of aromatic hydroxyl groups is 1. The number of phenols is 1. The first-order valence-corrected chi connectivity index (χ1v) is 8.22. The zero-order valence-corrected chi connectivity index (χ0v) is 14.8. The van der Waals surface area contributed by atoms with Crippen LogP contribution in [0.1, 0.15) is 18.1 Å². The zero-order chi connectivity index (χ0) is 19.6. The number of hydrogen-bond donors (Lipinski definition) is 4. The van der Waals surface area contributed by atoms with Gasteiger partial charge in [0.15, 0.2) is 5.60 Å². The molecule has 0 saturated heterocycles. The summed E-state index contributed by atoms with van der Waals surface area (Å²) in [5.41, 5.74) is 2.04. The van der Waals surface area contributed by atoms with Gasteiger partial charge in [-0.3, -0.25) is 4.79 Å². The van der Waals surface area contributed by atoms with Gasteiger partial charge in [0, 0.05) is 17.2 Å². The Bertz CT molecular complexity index is 910. The lowest BCUT2D eigenvalue weighted by atomic mass is 9.78. The average molecular weight is 369 g/mol. The molecule has 2 atom stereocenters. The number of carbonyl (C=O) groups is 2. The van der Waals surface area contributed by atoms with Crippen molar-refractivity contribution >= 4 is 23.4 Å². The molecule has 0 spiro atoms. The molecule has 1 heterocycles. The van der Waals surface area contributed by atoms with E-state index in [0.29, 0.717) is 16.8 Å². The maximum atomic E-state index is 12.6. The minimum atomic E-state index is -1.88. The molecule has 1 aliphatic rings. The van der Waals surface area contributed by atoms with Crippen molar-refractivity contribution in [2.24, 2.45) is 11.0 Å². The second-order valence-corrected chi connectivity index (χ2v) is 6.14. The van der Waals surface area contributed by atoms with Crippen LogP contribution in [0.4, 0.5) is 10.5 Å². The lowest BCUT2D eigenvalue weighted by Crippen LogP contribution is -2.44. The minimum absolute atomic E-state index is 0.0503. The molecule has 0 aliphatic carbocycles. The number of methoxy groups -OCH3 is 1. The number of hydrazone groups is 1. The Morgan fingerprint density at radius 1 is 1.22 bits per heavy atom. The number of ether oxygens (including phenoxy) is 1. The molecule has 0 fully saturated rings.